The van der Waals surface area contributed by atoms with E-state index in [1.807, 2.05) is 17.4 Å². The number of aromatic nitrogens is 2. The molecule has 0 bridgehead atoms. The number of rotatable bonds is 5. The van der Waals surface area contributed by atoms with Crippen LogP contribution in [0.25, 0.3) is 0 Å². The van der Waals surface area contributed by atoms with Crippen molar-refractivity contribution in [2.45, 2.75) is 45.7 Å². The molecule has 1 N–H and O–H groups in total. The number of imidazole rings is 1. The minimum Gasteiger partial charge on any atom is -0.342 e. The number of carbonyl (C=O) groups is 1. The van der Waals surface area contributed by atoms with Crippen LogP contribution in [0.15, 0.2) is 12.5 Å². The van der Waals surface area contributed by atoms with E-state index in [0.29, 0.717) is 19.1 Å². The van der Waals surface area contributed by atoms with Gasteiger partial charge in [-0.05, 0) is 33.1 Å². The first-order chi connectivity index (χ1) is 9.18. The van der Waals surface area contributed by atoms with Crippen LogP contribution >= 0.6 is 0 Å². The number of nitrogens with one attached hydrogen (secondary N) is 1. The average molecular weight is 264 g/mol. The molecule has 0 saturated carbocycles. The Labute approximate surface area is 115 Å². The second kappa shape index (κ2) is 6.70. The molecule has 1 aromatic rings. The lowest BCUT2D eigenvalue weighted by molar-refractivity contribution is -0.131. The van der Waals surface area contributed by atoms with E-state index in [0.717, 1.165) is 31.6 Å². The van der Waals surface area contributed by atoms with Gasteiger partial charge in [-0.3, -0.25) is 4.79 Å². The van der Waals surface area contributed by atoms with Crippen molar-refractivity contribution in [3.05, 3.63) is 18.2 Å². The Morgan fingerprint density at radius 1 is 1.37 bits per heavy atom. The largest absolute Gasteiger partial charge is 0.342 e. The van der Waals surface area contributed by atoms with E-state index in [9.17, 15) is 4.79 Å². The molecule has 19 heavy (non-hydrogen) atoms. The topological polar surface area (TPSA) is 50.2 Å². The maximum absolute atomic E-state index is 12.0. The molecule has 1 aliphatic heterocycles. The molecule has 5 heteroatoms. The van der Waals surface area contributed by atoms with Gasteiger partial charge in [0.1, 0.15) is 0 Å². The summed E-state index contributed by atoms with van der Waals surface area (Å²) < 4.78 is 2.12. The highest BCUT2D eigenvalue weighted by Gasteiger charge is 2.15. The zero-order valence-electron chi connectivity index (χ0n) is 11.9. The minimum atomic E-state index is 0.218. The summed E-state index contributed by atoms with van der Waals surface area (Å²) in [6.45, 7) is 7.21. The summed E-state index contributed by atoms with van der Waals surface area (Å²) in [4.78, 5) is 18.1. The molecular weight excluding hydrogens is 240 g/mol. The molecule has 106 valence electrons. The van der Waals surface area contributed by atoms with Gasteiger partial charge in [-0.2, -0.15) is 0 Å². The predicted octanol–water partition coefficient (Wildman–Crippen LogP) is 1.57. The van der Waals surface area contributed by atoms with Crippen LogP contribution in [0.4, 0.5) is 0 Å². The van der Waals surface area contributed by atoms with Crippen molar-refractivity contribution in [2.75, 3.05) is 19.6 Å². The highest BCUT2D eigenvalue weighted by molar-refractivity contribution is 5.78. The molecule has 1 amide bonds. The van der Waals surface area contributed by atoms with Gasteiger partial charge in [0.25, 0.3) is 0 Å². The lowest BCUT2D eigenvalue weighted by Crippen LogP contribution is -2.41. The molecule has 1 saturated heterocycles. The van der Waals surface area contributed by atoms with E-state index >= 15 is 0 Å². The van der Waals surface area contributed by atoms with Gasteiger partial charge in [0.15, 0.2) is 0 Å². The van der Waals surface area contributed by atoms with Crippen molar-refractivity contribution in [1.29, 1.82) is 0 Å². The Balaban J connectivity index is 1.76. The fourth-order valence-electron chi connectivity index (χ4n) is 2.49. The SMILES string of the molecule is CC(C)n1cncc1CNCC(=O)N1CCCCC1. The number of hydrogen-bond donors (Lipinski definition) is 1. The molecular formula is C14H24N4O. The maximum atomic E-state index is 12.0. The number of piperidine rings is 1. The van der Waals surface area contributed by atoms with Crippen LogP contribution in [-0.2, 0) is 11.3 Å². The summed E-state index contributed by atoms with van der Waals surface area (Å²) >= 11 is 0. The zero-order chi connectivity index (χ0) is 13.7. The first-order valence-corrected chi connectivity index (χ1v) is 7.17. The molecule has 1 aromatic heterocycles. The lowest BCUT2D eigenvalue weighted by Gasteiger charge is -2.26. The van der Waals surface area contributed by atoms with Crippen molar-refractivity contribution < 1.29 is 4.79 Å². The van der Waals surface area contributed by atoms with Crippen LogP contribution in [0.2, 0.25) is 0 Å². The van der Waals surface area contributed by atoms with Gasteiger partial charge in [-0.15, -0.1) is 0 Å². The lowest BCUT2D eigenvalue weighted by atomic mass is 10.1. The fraction of sp³-hybridized carbons (Fsp3) is 0.714. The van der Waals surface area contributed by atoms with Crippen molar-refractivity contribution in [3.8, 4) is 0 Å². The third-order valence-corrected chi connectivity index (χ3v) is 3.59. The molecule has 0 aliphatic carbocycles. The third kappa shape index (κ3) is 3.80. The highest BCUT2D eigenvalue weighted by Crippen LogP contribution is 2.09. The number of carbonyl (C=O) groups excluding carboxylic acids is 1. The van der Waals surface area contributed by atoms with E-state index in [1.165, 1.54) is 6.42 Å². The summed E-state index contributed by atoms with van der Waals surface area (Å²) in [7, 11) is 0. The first-order valence-electron chi connectivity index (χ1n) is 7.17. The minimum absolute atomic E-state index is 0.218. The summed E-state index contributed by atoms with van der Waals surface area (Å²) in [5.41, 5.74) is 1.13. The van der Waals surface area contributed by atoms with Crippen molar-refractivity contribution in [1.82, 2.24) is 19.8 Å². The van der Waals surface area contributed by atoms with Gasteiger partial charge in [-0.1, -0.05) is 0 Å². The Bertz CT molecular complexity index is 407. The fourth-order valence-corrected chi connectivity index (χ4v) is 2.49. The van der Waals surface area contributed by atoms with Crippen LogP contribution in [0.5, 0.6) is 0 Å². The molecule has 2 heterocycles. The molecule has 0 atom stereocenters. The third-order valence-electron chi connectivity index (χ3n) is 3.59. The summed E-state index contributed by atoms with van der Waals surface area (Å²) in [5.74, 6) is 0.218. The second-order valence-corrected chi connectivity index (χ2v) is 5.43. The first kappa shape index (κ1) is 14.1. The van der Waals surface area contributed by atoms with E-state index in [4.69, 9.17) is 0 Å². The summed E-state index contributed by atoms with van der Waals surface area (Å²) in [6, 6.07) is 0.400. The van der Waals surface area contributed by atoms with Crippen LogP contribution in [-0.4, -0.2) is 40.0 Å². The Morgan fingerprint density at radius 3 is 2.79 bits per heavy atom. The zero-order valence-corrected chi connectivity index (χ0v) is 11.9. The van der Waals surface area contributed by atoms with Crippen molar-refractivity contribution in [3.63, 3.8) is 0 Å². The van der Waals surface area contributed by atoms with Gasteiger partial charge < -0.3 is 14.8 Å². The van der Waals surface area contributed by atoms with Gasteiger partial charge in [0.2, 0.25) is 5.91 Å². The van der Waals surface area contributed by atoms with E-state index in [1.54, 1.807) is 0 Å². The molecule has 0 aromatic carbocycles. The van der Waals surface area contributed by atoms with Crippen LogP contribution in [0.3, 0.4) is 0 Å². The van der Waals surface area contributed by atoms with Gasteiger partial charge in [0.05, 0.1) is 18.6 Å². The van der Waals surface area contributed by atoms with Crippen LogP contribution in [0, 0.1) is 0 Å². The van der Waals surface area contributed by atoms with Crippen LogP contribution in [0.1, 0.15) is 44.8 Å². The molecule has 1 aliphatic rings. The number of nitrogens with zero attached hydrogens (tertiary/aromatic N) is 3. The molecule has 0 unspecified atom stereocenters. The highest BCUT2D eigenvalue weighted by atomic mass is 16.2. The Kier molecular flexibility index (Phi) is 4.96. The van der Waals surface area contributed by atoms with Crippen molar-refractivity contribution >= 4 is 5.91 Å². The Morgan fingerprint density at radius 2 is 2.11 bits per heavy atom. The molecule has 2 rings (SSSR count). The summed E-state index contributed by atoms with van der Waals surface area (Å²) in [6.07, 6.45) is 7.25. The number of amides is 1. The molecule has 0 spiro atoms. The van der Waals surface area contributed by atoms with E-state index in [-0.39, 0.29) is 5.91 Å². The maximum Gasteiger partial charge on any atom is 0.236 e. The number of likely N-dealkylation sites (tertiary alicyclic amines) is 1. The Hall–Kier alpha value is -1.36. The van der Waals surface area contributed by atoms with E-state index < -0.39 is 0 Å². The average Bonchev–Trinajstić information content (AvgIpc) is 2.88. The predicted molar refractivity (Wildman–Crippen MR) is 74.7 cm³/mol. The summed E-state index contributed by atoms with van der Waals surface area (Å²) in [5, 5.41) is 3.23. The van der Waals surface area contributed by atoms with Crippen molar-refractivity contribution in [2.24, 2.45) is 0 Å². The molecule has 0 radical (unpaired) electrons. The number of hydrogen-bond acceptors (Lipinski definition) is 3. The normalized spacial score (nSPS) is 16.1. The van der Waals surface area contributed by atoms with E-state index in [2.05, 4.69) is 28.7 Å². The smallest absolute Gasteiger partial charge is 0.236 e. The van der Waals surface area contributed by atoms with Crippen LogP contribution < -0.4 is 5.32 Å². The second-order valence-electron chi connectivity index (χ2n) is 5.43. The molecule has 5 nitrogen and oxygen atoms in total. The van der Waals surface area contributed by atoms with Gasteiger partial charge >= 0.3 is 0 Å². The quantitative estimate of drug-likeness (QED) is 0.878. The monoisotopic (exact) mass is 264 g/mol. The van der Waals surface area contributed by atoms with Gasteiger partial charge in [0, 0.05) is 31.9 Å². The molecule has 1 fully saturated rings. The van der Waals surface area contributed by atoms with Gasteiger partial charge in [-0.25, -0.2) is 4.98 Å². The standard InChI is InChI=1S/C14H24N4O/c1-12(2)18-11-16-9-13(18)8-15-10-14(19)17-6-4-3-5-7-17/h9,11-12,15H,3-8,10H2,1-2H3.